The van der Waals surface area contributed by atoms with Crippen molar-refractivity contribution in [2.24, 2.45) is 0 Å². The predicted octanol–water partition coefficient (Wildman–Crippen LogP) is 4.18. The molecule has 4 rings (SSSR count). The molecule has 3 aromatic rings. The van der Waals surface area contributed by atoms with Crippen molar-refractivity contribution in [3.63, 3.8) is 0 Å². The van der Waals surface area contributed by atoms with E-state index in [0.29, 0.717) is 5.69 Å². The van der Waals surface area contributed by atoms with Gasteiger partial charge in [-0.05, 0) is 38.0 Å². The summed E-state index contributed by atoms with van der Waals surface area (Å²) in [7, 11) is 1.22. The van der Waals surface area contributed by atoms with E-state index in [9.17, 15) is 18.4 Å². The summed E-state index contributed by atoms with van der Waals surface area (Å²) in [6.07, 6.45) is 3.05. The second kappa shape index (κ2) is 6.74. The maximum atomic E-state index is 14.2. The third-order valence-corrected chi connectivity index (χ3v) is 4.86. The third-order valence-electron chi connectivity index (χ3n) is 4.86. The van der Waals surface area contributed by atoms with Gasteiger partial charge >= 0.3 is 0 Å². The number of halogens is 2. The van der Waals surface area contributed by atoms with E-state index in [2.05, 4.69) is 5.32 Å². The van der Waals surface area contributed by atoms with Crippen molar-refractivity contribution in [1.82, 2.24) is 4.57 Å². The number of hydrogen-bond donors (Lipinski definition) is 1. The number of carbonyl (C=O) groups is 1. The van der Waals surface area contributed by atoms with Gasteiger partial charge in [0.1, 0.15) is 5.56 Å². The molecule has 2 aromatic carbocycles. The van der Waals surface area contributed by atoms with Crippen LogP contribution in [0.5, 0.6) is 5.75 Å². The molecule has 0 spiro atoms. The molecule has 1 heterocycles. The van der Waals surface area contributed by atoms with Crippen molar-refractivity contribution >= 4 is 22.5 Å². The molecule has 1 aliphatic carbocycles. The second-order valence-corrected chi connectivity index (χ2v) is 6.93. The maximum absolute atomic E-state index is 14.2. The van der Waals surface area contributed by atoms with Crippen molar-refractivity contribution in [2.75, 3.05) is 12.4 Å². The van der Waals surface area contributed by atoms with Crippen LogP contribution in [0, 0.1) is 18.6 Å². The van der Waals surface area contributed by atoms with Crippen LogP contribution in [-0.2, 0) is 0 Å². The highest BCUT2D eigenvalue weighted by Gasteiger charge is 2.30. The number of aryl methyl sites for hydroxylation is 1. The van der Waals surface area contributed by atoms with E-state index in [1.807, 2.05) is 19.1 Å². The van der Waals surface area contributed by atoms with Gasteiger partial charge in [-0.3, -0.25) is 9.59 Å². The first-order chi connectivity index (χ1) is 13.4. The Balaban J connectivity index is 1.89. The van der Waals surface area contributed by atoms with Gasteiger partial charge in [0.2, 0.25) is 11.2 Å². The molecule has 0 radical (unpaired) electrons. The number of rotatable bonds is 4. The molecule has 28 heavy (non-hydrogen) atoms. The fraction of sp³-hybridized carbons (Fsp3) is 0.238. The molecular formula is C21H18F2N2O3. The van der Waals surface area contributed by atoms with Crippen LogP contribution in [0.25, 0.3) is 10.9 Å². The van der Waals surface area contributed by atoms with Crippen LogP contribution in [-0.4, -0.2) is 17.6 Å². The van der Waals surface area contributed by atoms with Gasteiger partial charge in [0.05, 0.1) is 18.0 Å². The lowest BCUT2D eigenvalue weighted by atomic mass is 10.1. The molecule has 1 amide bonds. The van der Waals surface area contributed by atoms with E-state index in [-0.39, 0.29) is 28.3 Å². The summed E-state index contributed by atoms with van der Waals surface area (Å²) in [5.74, 6) is -3.28. The van der Waals surface area contributed by atoms with Crippen molar-refractivity contribution in [1.29, 1.82) is 0 Å². The number of pyridine rings is 1. The number of nitrogens with zero attached hydrogens (tertiary/aromatic N) is 1. The normalized spacial score (nSPS) is 13.6. The van der Waals surface area contributed by atoms with Crippen LogP contribution in [0.1, 0.15) is 34.8 Å². The Bertz CT molecular complexity index is 1150. The highest BCUT2D eigenvalue weighted by molar-refractivity contribution is 6.06. The molecule has 1 aromatic heterocycles. The summed E-state index contributed by atoms with van der Waals surface area (Å²) in [5, 5.41) is 2.60. The first-order valence-electron chi connectivity index (χ1n) is 8.89. The average molecular weight is 384 g/mol. The molecule has 144 valence electrons. The fourth-order valence-electron chi connectivity index (χ4n) is 3.25. The standard InChI is InChI=1S/C21H18F2N2O3/c1-11-3-5-12(6-4-11)24-21(27)15-10-25(13-7-8-13)18-14(19(15)26)9-16(22)17(23)20(18)28-2/h3-6,9-10,13H,7-8H2,1-2H3,(H,24,27). The largest absolute Gasteiger partial charge is 0.491 e. The molecule has 0 saturated heterocycles. The number of carbonyl (C=O) groups excluding carboxylic acids is 1. The van der Waals surface area contributed by atoms with Gasteiger partial charge in [-0.25, -0.2) is 4.39 Å². The summed E-state index contributed by atoms with van der Waals surface area (Å²) >= 11 is 0. The Hall–Kier alpha value is -3.22. The Morgan fingerprint density at radius 2 is 1.89 bits per heavy atom. The summed E-state index contributed by atoms with van der Waals surface area (Å²) < 4.78 is 34.9. The lowest BCUT2D eigenvalue weighted by Crippen LogP contribution is -2.24. The minimum absolute atomic E-state index is 0.00721. The molecule has 0 unspecified atom stereocenters. The van der Waals surface area contributed by atoms with Crippen molar-refractivity contribution in [3.05, 3.63) is 69.5 Å². The lowest BCUT2D eigenvalue weighted by molar-refractivity contribution is 0.102. The molecule has 7 heteroatoms. The van der Waals surface area contributed by atoms with Crippen LogP contribution >= 0.6 is 0 Å². The summed E-state index contributed by atoms with van der Waals surface area (Å²) in [6.45, 7) is 1.92. The molecular weight excluding hydrogens is 366 g/mol. The van der Waals surface area contributed by atoms with E-state index in [1.165, 1.54) is 13.3 Å². The topological polar surface area (TPSA) is 60.3 Å². The quantitative estimate of drug-likeness (QED) is 0.734. The molecule has 1 aliphatic rings. The predicted molar refractivity (Wildman–Crippen MR) is 102 cm³/mol. The Morgan fingerprint density at radius 3 is 2.50 bits per heavy atom. The Morgan fingerprint density at radius 1 is 1.21 bits per heavy atom. The molecule has 0 bridgehead atoms. The minimum Gasteiger partial charge on any atom is -0.491 e. The monoisotopic (exact) mass is 384 g/mol. The van der Waals surface area contributed by atoms with Gasteiger partial charge in [0.15, 0.2) is 11.6 Å². The minimum atomic E-state index is -1.19. The van der Waals surface area contributed by atoms with Gasteiger partial charge in [0, 0.05) is 17.9 Å². The van der Waals surface area contributed by atoms with E-state index in [1.54, 1.807) is 16.7 Å². The highest BCUT2D eigenvalue weighted by Crippen LogP contribution is 2.40. The maximum Gasteiger partial charge on any atom is 0.261 e. The van der Waals surface area contributed by atoms with E-state index in [0.717, 1.165) is 24.5 Å². The SMILES string of the molecule is COc1c(F)c(F)cc2c(=O)c(C(=O)Nc3ccc(C)cc3)cn(C3CC3)c12. The Labute approximate surface area is 159 Å². The number of benzene rings is 2. The van der Waals surface area contributed by atoms with Crippen LogP contribution < -0.4 is 15.5 Å². The number of fused-ring (bicyclic) bond motifs is 1. The van der Waals surface area contributed by atoms with Crippen LogP contribution in [0.3, 0.4) is 0 Å². The average Bonchev–Trinajstić information content (AvgIpc) is 3.51. The Kier molecular flexibility index (Phi) is 4.37. The van der Waals surface area contributed by atoms with Gasteiger partial charge in [0.25, 0.3) is 5.91 Å². The van der Waals surface area contributed by atoms with Gasteiger partial charge in [-0.15, -0.1) is 0 Å². The molecule has 1 N–H and O–H groups in total. The fourth-order valence-corrected chi connectivity index (χ4v) is 3.25. The smallest absolute Gasteiger partial charge is 0.261 e. The van der Waals surface area contributed by atoms with E-state index < -0.39 is 23.0 Å². The van der Waals surface area contributed by atoms with Crippen LogP contribution in [0.15, 0.2) is 41.3 Å². The second-order valence-electron chi connectivity index (χ2n) is 6.93. The molecule has 0 aliphatic heterocycles. The number of amides is 1. The number of nitrogens with one attached hydrogen (secondary N) is 1. The zero-order valence-corrected chi connectivity index (χ0v) is 15.4. The first-order valence-corrected chi connectivity index (χ1v) is 8.89. The number of ether oxygens (including phenoxy) is 1. The molecule has 1 saturated carbocycles. The van der Waals surface area contributed by atoms with E-state index in [4.69, 9.17) is 4.74 Å². The van der Waals surface area contributed by atoms with Crippen LogP contribution in [0.4, 0.5) is 14.5 Å². The summed E-state index contributed by atoms with van der Waals surface area (Å²) in [4.78, 5) is 25.7. The van der Waals surface area contributed by atoms with Gasteiger partial charge in [-0.1, -0.05) is 17.7 Å². The van der Waals surface area contributed by atoms with Gasteiger partial charge in [-0.2, -0.15) is 4.39 Å². The van der Waals surface area contributed by atoms with Crippen molar-refractivity contribution in [2.45, 2.75) is 25.8 Å². The number of anilines is 1. The number of hydrogen-bond acceptors (Lipinski definition) is 3. The third kappa shape index (κ3) is 3.02. The molecule has 1 fully saturated rings. The highest BCUT2D eigenvalue weighted by atomic mass is 19.2. The van der Waals surface area contributed by atoms with E-state index >= 15 is 0 Å². The van der Waals surface area contributed by atoms with Gasteiger partial charge < -0.3 is 14.6 Å². The zero-order valence-electron chi connectivity index (χ0n) is 15.4. The summed E-state index contributed by atoms with van der Waals surface area (Å²) in [6, 6.07) is 7.96. The first kappa shape index (κ1) is 18.2. The van der Waals surface area contributed by atoms with Crippen molar-refractivity contribution < 1.29 is 18.3 Å². The zero-order chi connectivity index (χ0) is 20.0. The molecule has 0 atom stereocenters. The van der Waals surface area contributed by atoms with Crippen LogP contribution in [0.2, 0.25) is 0 Å². The summed E-state index contributed by atoms with van der Waals surface area (Å²) in [5.41, 5.74) is 0.933. The lowest BCUT2D eigenvalue weighted by Gasteiger charge is -2.16. The molecule has 5 nitrogen and oxygen atoms in total. The number of methoxy groups -OCH3 is 1. The van der Waals surface area contributed by atoms with Crippen molar-refractivity contribution in [3.8, 4) is 5.75 Å². The number of aromatic nitrogens is 1.